The predicted octanol–water partition coefficient (Wildman–Crippen LogP) is 2.51. The summed E-state index contributed by atoms with van der Waals surface area (Å²) in [5.74, 6) is 0. The third kappa shape index (κ3) is 3.61. The molecule has 0 amide bonds. The molecule has 0 bridgehead atoms. The van der Waals surface area contributed by atoms with Gasteiger partial charge in [0.05, 0.1) is 8.07 Å². The second-order valence-corrected chi connectivity index (χ2v) is 8.55. The Kier molecular flexibility index (Phi) is 3.57. The van der Waals surface area contributed by atoms with E-state index in [1.54, 1.807) is 0 Å². The van der Waals surface area contributed by atoms with E-state index in [-0.39, 0.29) is 0 Å². The average Bonchev–Trinajstić information content (AvgIpc) is 1.80. The van der Waals surface area contributed by atoms with Crippen molar-refractivity contribution in [2.24, 2.45) is 4.99 Å². The molecule has 0 aliphatic heterocycles. The maximum absolute atomic E-state index is 4.15. The number of aliphatic imine (C=N–C) groups is 1. The molecule has 1 nitrogen and oxygen atoms in total. The Bertz CT molecular complexity index is 142. The van der Waals surface area contributed by atoms with E-state index < -0.39 is 8.07 Å². The molecule has 0 N–H and O–H groups in total. The van der Waals surface area contributed by atoms with Crippen LogP contribution in [0.4, 0.5) is 0 Å². The van der Waals surface area contributed by atoms with Crippen LogP contribution >= 0.6 is 0 Å². The van der Waals surface area contributed by atoms with Crippen molar-refractivity contribution in [3.05, 3.63) is 11.8 Å². The quantitative estimate of drug-likeness (QED) is 0.438. The Balaban J connectivity index is 3.98. The van der Waals surface area contributed by atoms with Crippen LogP contribution in [0.1, 0.15) is 6.92 Å². The third-order valence-corrected chi connectivity index (χ3v) is 3.45. The lowest BCUT2D eigenvalue weighted by Crippen LogP contribution is -2.23. The highest BCUT2D eigenvalue weighted by Gasteiger charge is 2.14. The fourth-order valence-electron chi connectivity index (χ4n) is 0.395. The van der Waals surface area contributed by atoms with Crippen molar-refractivity contribution >= 4 is 14.3 Å². The van der Waals surface area contributed by atoms with Crippen LogP contribution < -0.4 is 0 Å². The minimum absolute atomic E-state index is 0.865. The zero-order valence-corrected chi connectivity index (χ0v) is 8.44. The van der Waals surface area contributed by atoms with E-state index in [9.17, 15) is 0 Å². The Labute approximate surface area is 64.9 Å². The van der Waals surface area contributed by atoms with Gasteiger partial charge in [-0.1, -0.05) is 26.2 Å². The summed E-state index contributed by atoms with van der Waals surface area (Å²) in [5, 5.41) is 1.23. The number of allylic oxidation sites excluding steroid dienone is 1. The summed E-state index contributed by atoms with van der Waals surface area (Å²) in [6, 6.07) is 0. The molecule has 0 atom stereocenters. The zero-order valence-electron chi connectivity index (χ0n) is 7.44. The van der Waals surface area contributed by atoms with Crippen LogP contribution in [0.5, 0.6) is 0 Å². The van der Waals surface area contributed by atoms with Gasteiger partial charge in [-0.3, -0.25) is 4.99 Å². The molecule has 58 valence electrons. The highest BCUT2D eigenvalue weighted by Crippen LogP contribution is 2.09. The van der Waals surface area contributed by atoms with Gasteiger partial charge < -0.3 is 0 Å². The summed E-state index contributed by atoms with van der Waals surface area (Å²) in [4.78, 5) is 4.15. The predicted molar refractivity (Wildman–Crippen MR) is 51.5 cm³/mol. The SMILES string of the molecule is C=C(/C=N\CC)[Si](C)(C)C. The van der Waals surface area contributed by atoms with E-state index in [4.69, 9.17) is 0 Å². The highest BCUT2D eigenvalue weighted by atomic mass is 28.3. The van der Waals surface area contributed by atoms with Crippen LogP contribution in [0, 0.1) is 0 Å². The number of hydrogen-bond acceptors (Lipinski definition) is 1. The normalized spacial score (nSPS) is 12.4. The van der Waals surface area contributed by atoms with E-state index in [0.29, 0.717) is 0 Å². The largest absolute Gasteiger partial charge is 0.294 e. The minimum Gasteiger partial charge on any atom is -0.294 e. The topological polar surface area (TPSA) is 12.4 Å². The fourth-order valence-corrected chi connectivity index (χ4v) is 0.874. The van der Waals surface area contributed by atoms with Crippen LogP contribution in [0.25, 0.3) is 0 Å². The molecule has 2 heteroatoms. The maximum atomic E-state index is 4.15. The molecule has 10 heavy (non-hydrogen) atoms. The lowest BCUT2D eigenvalue weighted by Gasteiger charge is -2.14. The van der Waals surface area contributed by atoms with Gasteiger partial charge in [-0.15, -0.1) is 0 Å². The first-order valence-corrected chi connectivity index (χ1v) is 7.17. The van der Waals surface area contributed by atoms with Gasteiger partial charge in [0, 0.05) is 12.8 Å². The summed E-state index contributed by atoms with van der Waals surface area (Å²) >= 11 is 0. The van der Waals surface area contributed by atoms with Crippen molar-refractivity contribution < 1.29 is 0 Å². The summed E-state index contributed by atoms with van der Waals surface area (Å²) in [5.41, 5.74) is 0. The molecule has 0 spiro atoms. The summed E-state index contributed by atoms with van der Waals surface area (Å²) < 4.78 is 0. The molecule has 0 heterocycles. The molecule has 0 aromatic carbocycles. The molecule has 0 radical (unpaired) electrons. The van der Waals surface area contributed by atoms with Gasteiger partial charge in [0.1, 0.15) is 0 Å². The maximum Gasteiger partial charge on any atom is 0.0788 e. The van der Waals surface area contributed by atoms with Crippen LogP contribution in [-0.2, 0) is 0 Å². The van der Waals surface area contributed by atoms with E-state index in [1.165, 1.54) is 5.20 Å². The zero-order chi connectivity index (χ0) is 8.20. The average molecular weight is 155 g/mol. The second kappa shape index (κ2) is 3.71. The van der Waals surface area contributed by atoms with Crippen molar-refractivity contribution in [1.82, 2.24) is 0 Å². The summed E-state index contributed by atoms with van der Waals surface area (Å²) in [6.07, 6.45) is 1.92. The number of hydrogen-bond donors (Lipinski definition) is 0. The van der Waals surface area contributed by atoms with Gasteiger partial charge >= 0.3 is 0 Å². The lowest BCUT2D eigenvalue weighted by molar-refractivity contribution is 1.14. The standard InChI is InChI=1S/C8H17NSi/c1-6-9-7-8(2)10(3,4)5/h7H,2,6H2,1,3-5H3/b9-7-. The molecule has 0 aliphatic carbocycles. The van der Waals surface area contributed by atoms with Gasteiger partial charge in [0.15, 0.2) is 0 Å². The first-order valence-electron chi connectivity index (χ1n) is 3.67. The van der Waals surface area contributed by atoms with Crippen molar-refractivity contribution in [3.8, 4) is 0 Å². The molecule has 0 fully saturated rings. The lowest BCUT2D eigenvalue weighted by atomic mass is 10.7. The molecule has 0 aromatic heterocycles. The molecule has 0 aliphatic rings. The van der Waals surface area contributed by atoms with Crippen LogP contribution in [0.15, 0.2) is 16.8 Å². The molecular weight excluding hydrogens is 138 g/mol. The van der Waals surface area contributed by atoms with Gasteiger partial charge in [-0.05, 0) is 12.1 Å². The smallest absolute Gasteiger partial charge is 0.0788 e. The van der Waals surface area contributed by atoms with Gasteiger partial charge in [0.2, 0.25) is 0 Å². The monoisotopic (exact) mass is 155 g/mol. The molecular formula is C8H17NSi. The number of nitrogens with zero attached hydrogens (tertiary/aromatic N) is 1. The summed E-state index contributed by atoms with van der Waals surface area (Å²) in [6.45, 7) is 13.7. The van der Waals surface area contributed by atoms with E-state index >= 15 is 0 Å². The first kappa shape index (κ1) is 9.63. The van der Waals surface area contributed by atoms with Crippen molar-refractivity contribution in [3.63, 3.8) is 0 Å². The van der Waals surface area contributed by atoms with E-state index in [2.05, 4.69) is 31.2 Å². The van der Waals surface area contributed by atoms with E-state index in [1.807, 2.05) is 13.1 Å². The third-order valence-electron chi connectivity index (χ3n) is 1.39. The molecule has 0 aromatic rings. The first-order chi connectivity index (χ1) is 4.48. The Morgan fingerprint density at radius 1 is 1.50 bits per heavy atom. The number of rotatable bonds is 3. The van der Waals surface area contributed by atoms with E-state index in [0.717, 1.165) is 6.54 Å². The van der Waals surface area contributed by atoms with Gasteiger partial charge in [-0.2, -0.15) is 0 Å². The Morgan fingerprint density at radius 2 is 2.00 bits per heavy atom. The van der Waals surface area contributed by atoms with Crippen LogP contribution in [0.3, 0.4) is 0 Å². The van der Waals surface area contributed by atoms with Crippen molar-refractivity contribution in [2.75, 3.05) is 6.54 Å². The second-order valence-electron chi connectivity index (χ2n) is 3.40. The highest BCUT2D eigenvalue weighted by molar-refractivity contribution is 6.86. The molecule has 0 saturated carbocycles. The molecule has 0 saturated heterocycles. The van der Waals surface area contributed by atoms with Crippen LogP contribution in [0.2, 0.25) is 19.6 Å². The Morgan fingerprint density at radius 3 is 2.30 bits per heavy atom. The van der Waals surface area contributed by atoms with Gasteiger partial charge in [-0.25, -0.2) is 0 Å². The van der Waals surface area contributed by atoms with Crippen LogP contribution in [-0.4, -0.2) is 20.8 Å². The molecule has 0 unspecified atom stereocenters. The van der Waals surface area contributed by atoms with Crippen molar-refractivity contribution in [2.45, 2.75) is 26.6 Å². The fraction of sp³-hybridized carbons (Fsp3) is 0.625. The van der Waals surface area contributed by atoms with Gasteiger partial charge in [0.25, 0.3) is 0 Å². The molecule has 0 rings (SSSR count). The Hall–Kier alpha value is -0.373. The summed E-state index contributed by atoms with van der Waals surface area (Å²) in [7, 11) is -1.14. The van der Waals surface area contributed by atoms with Crippen molar-refractivity contribution in [1.29, 1.82) is 0 Å². The minimum atomic E-state index is -1.14.